The predicted molar refractivity (Wildman–Crippen MR) is 88.3 cm³/mol. The fourth-order valence-electron chi connectivity index (χ4n) is 2.33. The lowest BCUT2D eigenvalue weighted by Gasteiger charge is -2.23. The van der Waals surface area contributed by atoms with Crippen molar-refractivity contribution in [3.8, 4) is 5.69 Å². The van der Waals surface area contributed by atoms with Gasteiger partial charge >= 0.3 is 0 Å². The number of hydrogen-bond donors (Lipinski definition) is 0. The monoisotopic (exact) mass is 328 g/mol. The van der Waals surface area contributed by atoms with Gasteiger partial charge in [0.05, 0.1) is 11.7 Å². The van der Waals surface area contributed by atoms with Crippen molar-refractivity contribution < 1.29 is 0 Å². The molecular formula is C16H17ClN6. The summed E-state index contributed by atoms with van der Waals surface area (Å²) in [6, 6.07) is 13.7. The van der Waals surface area contributed by atoms with Crippen LogP contribution in [-0.2, 0) is 6.54 Å². The summed E-state index contributed by atoms with van der Waals surface area (Å²) in [6.45, 7) is 2.81. The van der Waals surface area contributed by atoms with E-state index >= 15 is 0 Å². The fourth-order valence-corrected chi connectivity index (χ4v) is 2.44. The summed E-state index contributed by atoms with van der Waals surface area (Å²) in [7, 11) is 2.03. The minimum Gasteiger partial charge on any atom is -0.292 e. The van der Waals surface area contributed by atoms with Gasteiger partial charge in [-0.1, -0.05) is 35.9 Å². The van der Waals surface area contributed by atoms with Gasteiger partial charge < -0.3 is 0 Å². The average molecular weight is 329 g/mol. The molecule has 0 N–H and O–H groups in total. The highest BCUT2D eigenvalue weighted by Crippen LogP contribution is 2.20. The molecule has 1 aromatic carbocycles. The number of benzene rings is 1. The quantitative estimate of drug-likeness (QED) is 0.674. The molecule has 0 aliphatic heterocycles. The highest BCUT2D eigenvalue weighted by molar-refractivity contribution is 6.29. The van der Waals surface area contributed by atoms with Crippen LogP contribution in [0.5, 0.6) is 0 Å². The molecule has 1 atom stereocenters. The molecule has 118 valence electrons. The minimum atomic E-state index is 0.0425. The molecular weight excluding hydrogens is 312 g/mol. The minimum absolute atomic E-state index is 0.0425. The summed E-state index contributed by atoms with van der Waals surface area (Å²) >= 11 is 5.83. The molecule has 0 bridgehead atoms. The predicted octanol–water partition coefficient (Wildman–Crippen LogP) is 2.90. The van der Waals surface area contributed by atoms with E-state index in [1.54, 1.807) is 16.9 Å². The lowest BCUT2D eigenvalue weighted by Crippen LogP contribution is -2.24. The van der Waals surface area contributed by atoms with Gasteiger partial charge in [0, 0.05) is 12.7 Å². The zero-order valence-electron chi connectivity index (χ0n) is 13.0. The van der Waals surface area contributed by atoms with Crippen molar-refractivity contribution in [1.82, 2.24) is 30.1 Å². The van der Waals surface area contributed by atoms with Crippen molar-refractivity contribution in [2.45, 2.75) is 19.5 Å². The van der Waals surface area contributed by atoms with Crippen LogP contribution in [0.4, 0.5) is 0 Å². The van der Waals surface area contributed by atoms with Gasteiger partial charge in [-0.25, -0.2) is 4.98 Å². The normalized spacial score (nSPS) is 12.5. The fraction of sp³-hybridized carbons (Fsp3) is 0.250. The van der Waals surface area contributed by atoms with Crippen LogP contribution >= 0.6 is 11.6 Å². The van der Waals surface area contributed by atoms with Crippen molar-refractivity contribution in [3.05, 3.63) is 65.2 Å². The van der Waals surface area contributed by atoms with E-state index in [0.717, 1.165) is 23.6 Å². The Labute approximate surface area is 139 Å². The lowest BCUT2D eigenvalue weighted by atomic mass is 10.2. The van der Waals surface area contributed by atoms with Crippen LogP contribution in [0.25, 0.3) is 5.69 Å². The van der Waals surface area contributed by atoms with Crippen LogP contribution in [0.2, 0.25) is 5.15 Å². The van der Waals surface area contributed by atoms with Crippen LogP contribution in [0.1, 0.15) is 24.4 Å². The third kappa shape index (κ3) is 3.55. The van der Waals surface area contributed by atoms with Crippen molar-refractivity contribution in [3.63, 3.8) is 0 Å². The van der Waals surface area contributed by atoms with Crippen molar-refractivity contribution >= 4 is 11.6 Å². The number of aromatic nitrogens is 5. The molecule has 2 aromatic heterocycles. The first-order valence-corrected chi connectivity index (χ1v) is 7.67. The van der Waals surface area contributed by atoms with Crippen LogP contribution in [0, 0.1) is 0 Å². The Balaban J connectivity index is 1.79. The van der Waals surface area contributed by atoms with E-state index < -0.39 is 0 Å². The summed E-state index contributed by atoms with van der Waals surface area (Å²) in [4.78, 5) is 6.28. The molecule has 2 heterocycles. The number of halogens is 1. The highest BCUT2D eigenvalue weighted by Gasteiger charge is 2.20. The number of nitrogens with zero attached hydrogens (tertiary/aromatic N) is 6. The molecule has 0 spiro atoms. The van der Waals surface area contributed by atoms with E-state index in [-0.39, 0.29) is 6.04 Å². The summed E-state index contributed by atoms with van der Waals surface area (Å²) in [5.41, 5.74) is 2.03. The second-order valence-corrected chi connectivity index (χ2v) is 5.75. The van der Waals surface area contributed by atoms with E-state index in [1.165, 1.54) is 0 Å². The van der Waals surface area contributed by atoms with Gasteiger partial charge in [0.15, 0.2) is 5.82 Å². The Morgan fingerprint density at radius 3 is 2.65 bits per heavy atom. The molecule has 0 aliphatic rings. The van der Waals surface area contributed by atoms with Crippen molar-refractivity contribution in [1.29, 1.82) is 0 Å². The molecule has 0 fully saturated rings. The summed E-state index contributed by atoms with van der Waals surface area (Å²) in [5.74, 6) is 0.792. The van der Waals surface area contributed by atoms with E-state index in [1.807, 2.05) is 43.4 Å². The Hall–Kier alpha value is -2.31. The Morgan fingerprint density at radius 2 is 1.96 bits per heavy atom. The van der Waals surface area contributed by atoms with Gasteiger partial charge in [-0.05, 0) is 48.2 Å². The Bertz CT molecular complexity index is 756. The number of tetrazole rings is 1. The van der Waals surface area contributed by atoms with E-state index in [0.29, 0.717) is 5.15 Å². The summed E-state index contributed by atoms with van der Waals surface area (Å²) in [6.07, 6.45) is 1.78. The number of para-hydroxylation sites is 1. The summed E-state index contributed by atoms with van der Waals surface area (Å²) in [5, 5.41) is 12.6. The third-order valence-electron chi connectivity index (χ3n) is 3.75. The van der Waals surface area contributed by atoms with Gasteiger partial charge in [0.1, 0.15) is 5.15 Å². The maximum absolute atomic E-state index is 5.83. The maximum atomic E-state index is 5.83. The number of pyridine rings is 1. The SMILES string of the molecule is C[C@@H](c1nnnn1-c1ccccc1)N(C)Cc1ccc(Cl)nc1. The first-order valence-electron chi connectivity index (χ1n) is 7.29. The topological polar surface area (TPSA) is 59.7 Å². The lowest BCUT2D eigenvalue weighted by molar-refractivity contribution is 0.240. The standard InChI is InChI=1S/C16H17ClN6/c1-12(22(2)11-13-8-9-15(17)18-10-13)16-19-20-21-23(16)14-6-4-3-5-7-14/h3-10,12H,11H2,1-2H3/t12-/m0/s1. The van der Waals surface area contributed by atoms with Gasteiger partial charge in [-0.15, -0.1) is 5.10 Å². The van der Waals surface area contributed by atoms with E-state index in [9.17, 15) is 0 Å². The molecule has 0 aliphatic carbocycles. The first-order chi connectivity index (χ1) is 11.1. The molecule has 0 saturated heterocycles. The first kappa shape index (κ1) is 15.6. The Kier molecular flexibility index (Phi) is 4.64. The second kappa shape index (κ2) is 6.85. The smallest absolute Gasteiger partial charge is 0.173 e. The number of rotatable bonds is 5. The van der Waals surface area contributed by atoms with Gasteiger partial charge in [-0.3, -0.25) is 4.90 Å². The summed E-state index contributed by atoms with van der Waals surface area (Å²) < 4.78 is 1.77. The van der Waals surface area contributed by atoms with Gasteiger partial charge in [0.2, 0.25) is 0 Å². The molecule has 3 rings (SSSR count). The van der Waals surface area contributed by atoms with E-state index in [2.05, 4.69) is 32.3 Å². The highest BCUT2D eigenvalue weighted by atomic mass is 35.5. The zero-order chi connectivity index (χ0) is 16.2. The zero-order valence-corrected chi connectivity index (χ0v) is 13.7. The van der Waals surface area contributed by atoms with Gasteiger partial charge in [-0.2, -0.15) is 4.68 Å². The molecule has 6 nitrogen and oxygen atoms in total. The average Bonchev–Trinajstić information content (AvgIpc) is 3.06. The van der Waals surface area contributed by atoms with Crippen LogP contribution in [0.3, 0.4) is 0 Å². The van der Waals surface area contributed by atoms with E-state index in [4.69, 9.17) is 11.6 Å². The largest absolute Gasteiger partial charge is 0.292 e. The van der Waals surface area contributed by atoms with Crippen molar-refractivity contribution in [2.75, 3.05) is 7.05 Å². The van der Waals surface area contributed by atoms with Gasteiger partial charge in [0.25, 0.3) is 0 Å². The number of hydrogen-bond acceptors (Lipinski definition) is 5. The van der Waals surface area contributed by atoms with Crippen molar-refractivity contribution in [2.24, 2.45) is 0 Å². The molecule has 23 heavy (non-hydrogen) atoms. The molecule has 0 radical (unpaired) electrons. The molecule has 0 amide bonds. The van der Waals surface area contributed by atoms with Crippen LogP contribution in [-0.4, -0.2) is 37.1 Å². The third-order valence-corrected chi connectivity index (χ3v) is 3.97. The Morgan fingerprint density at radius 1 is 1.17 bits per heavy atom. The molecule has 3 aromatic rings. The molecule has 0 saturated carbocycles. The van der Waals surface area contributed by atoms with Crippen LogP contribution in [0.15, 0.2) is 48.7 Å². The van der Waals surface area contributed by atoms with Crippen LogP contribution < -0.4 is 0 Å². The molecule has 0 unspecified atom stereocenters. The second-order valence-electron chi connectivity index (χ2n) is 5.36. The maximum Gasteiger partial charge on any atom is 0.173 e. The molecule has 7 heteroatoms.